The van der Waals surface area contributed by atoms with Crippen molar-refractivity contribution in [3.63, 3.8) is 0 Å². The van der Waals surface area contributed by atoms with E-state index in [0.29, 0.717) is 24.1 Å². The van der Waals surface area contributed by atoms with Crippen molar-refractivity contribution in [2.75, 3.05) is 19.3 Å². The van der Waals surface area contributed by atoms with Crippen LogP contribution in [0.5, 0.6) is 0 Å². The smallest absolute Gasteiger partial charge is 0.254 e. The summed E-state index contributed by atoms with van der Waals surface area (Å²) in [7, 11) is -7.19. The van der Waals surface area contributed by atoms with E-state index in [1.165, 1.54) is 12.1 Å². The van der Waals surface area contributed by atoms with Crippen LogP contribution in [0.25, 0.3) is 0 Å². The first-order chi connectivity index (χ1) is 15.1. The van der Waals surface area contributed by atoms with Gasteiger partial charge in [-0.3, -0.25) is 4.79 Å². The van der Waals surface area contributed by atoms with Crippen molar-refractivity contribution < 1.29 is 21.6 Å². The fourth-order valence-corrected chi connectivity index (χ4v) is 5.28. The summed E-state index contributed by atoms with van der Waals surface area (Å²) in [6.07, 6.45) is 3.49. The highest BCUT2D eigenvalue weighted by molar-refractivity contribution is 7.89. The molecule has 2 aromatic carbocycles. The summed E-state index contributed by atoms with van der Waals surface area (Å²) in [5.74, 6) is -0.289. The Morgan fingerprint density at radius 3 is 2.44 bits per heavy atom. The van der Waals surface area contributed by atoms with Crippen molar-refractivity contribution in [3.8, 4) is 0 Å². The summed E-state index contributed by atoms with van der Waals surface area (Å²) in [6.45, 7) is 2.54. The number of carbonyl (C=O) groups excluding carboxylic acids is 1. The van der Waals surface area contributed by atoms with Gasteiger partial charge in [0.1, 0.15) is 0 Å². The molecule has 32 heavy (non-hydrogen) atoms. The molecular weight excluding hydrogens is 450 g/mol. The van der Waals surface area contributed by atoms with E-state index in [0.717, 1.165) is 24.7 Å². The SMILES string of the molecule is Cc1ccc(S(=O)(=O)NCc2ccccc2)cc1C(=O)N1CCCCC1CNS(C)(=O)=O. The first-order valence-corrected chi connectivity index (χ1v) is 13.8. The molecule has 1 aliphatic heterocycles. The molecule has 8 nitrogen and oxygen atoms in total. The zero-order valence-corrected chi connectivity index (χ0v) is 19.9. The maximum absolute atomic E-state index is 13.3. The lowest BCUT2D eigenvalue weighted by atomic mass is 9.99. The molecule has 10 heteroatoms. The van der Waals surface area contributed by atoms with Gasteiger partial charge in [0, 0.05) is 31.2 Å². The fraction of sp³-hybridized carbons (Fsp3) is 0.409. The topological polar surface area (TPSA) is 113 Å². The minimum Gasteiger partial charge on any atom is -0.334 e. The number of sulfonamides is 2. The van der Waals surface area contributed by atoms with Gasteiger partial charge < -0.3 is 4.90 Å². The number of hydrogen-bond donors (Lipinski definition) is 2. The van der Waals surface area contributed by atoms with Crippen LogP contribution in [-0.4, -0.2) is 53.0 Å². The third-order valence-corrected chi connectivity index (χ3v) is 7.62. The molecule has 0 saturated carbocycles. The van der Waals surface area contributed by atoms with E-state index < -0.39 is 20.0 Å². The van der Waals surface area contributed by atoms with Crippen molar-refractivity contribution >= 4 is 26.0 Å². The Balaban J connectivity index is 1.81. The third-order valence-electron chi connectivity index (χ3n) is 5.53. The lowest BCUT2D eigenvalue weighted by molar-refractivity contribution is 0.0617. The Morgan fingerprint density at radius 1 is 1.03 bits per heavy atom. The number of piperidine rings is 1. The summed E-state index contributed by atoms with van der Waals surface area (Å²) in [6, 6.07) is 13.4. The van der Waals surface area contributed by atoms with Gasteiger partial charge in [0.15, 0.2) is 0 Å². The van der Waals surface area contributed by atoms with Crippen LogP contribution in [0.4, 0.5) is 0 Å². The molecule has 1 unspecified atom stereocenters. The van der Waals surface area contributed by atoms with Crippen molar-refractivity contribution in [2.24, 2.45) is 0 Å². The van der Waals surface area contributed by atoms with E-state index in [4.69, 9.17) is 0 Å². The molecular formula is C22H29N3O5S2. The third kappa shape index (κ3) is 6.38. The van der Waals surface area contributed by atoms with E-state index >= 15 is 0 Å². The highest BCUT2D eigenvalue weighted by Crippen LogP contribution is 2.23. The van der Waals surface area contributed by atoms with E-state index in [1.807, 2.05) is 30.3 Å². The molecule has 0 aromatic heterocycles. The monoisotopic (exact) mass is 479 g/mol. The lowest BCUT2D eigenvalue weighted by Gasteiger charge is -2.36. The number of nitrogens with one attached hydrogen (secondary N) is 2. The summed E-state index contributed by atoms with van der Waals surface area (Å²) in [5.41, 5.74) is 1.80. The minimum absolute atomic E-state index is 0.0187. The second-order valence-electron chi connectivity index (χ2n) is 8.06. The summed E-state index contributed by atoms with van der Waals surface area (Å²) < 4.78 is 53.7. The van der Waals surface area contributed by atoms with Crippen LogP contribution in [0, 0.1) is 6.92 Å². The number of nitrogens with zero attached hydrogens (tertiary/aromatic N) is 1. The lowest BCUT2D eigenvalue weighted by Crippen LogP contribution is -2.49. The zero-order valence-electron chi connectivity index (χ0n) is 18.2. The molecule has 174 valence electrons. The number of carbonyl (C=O) groups is 1. The molecule has 1 heterocycles. The van der Waals surface area contributed by atoms with E-state index in [-0.39, 0.29) is 29.9 Å². The zero-order chi connectivity index (χ0) is 23.4. The van der Waals surface area contributed by atoms with Crippen molar-refractivity contribution in [3.05, 3.63) is 65.2 Å². The van der Waals surface area contributed by atoms with Crippen molar-refractivity contribution in [1.29, 1.82) is 0 Å². The molecule has 0 aliphatic carbocycles. The van der Waals surface area contributed by atoms with Crippen LogP contribution < -0.4 is 9.44 Å². The Hall–Kier alpha value is -2.27. The predicted molar refractivity (Wildman–Crippen MR) is 123 cm³/mol. The normalized spacial score (nSPS) is 17.3. The number of aryl methyl sites for hydroxylation is 1. The Bertz CT molecular complexity index is 1170. The minimum atomic E-state index is -3.82. The molecule has 1 saturated heterocycles. The molecule has 1 aliphatic rings. The van der Waals surface area contributed by atoms with Gasteiger partial charge in [0.2, 0.25) is 20.0 Å². The number of amides is 1. The van der Waals surface area contributed by atoms with E-state index in [2.05, 4.69) is 9.44 Å². The quantitative estimate of drug-likeness (QED) is 0.602. The van der Waals surface area contributed by atoms with E-state index in [1.54, 1.807) is 17.9 Å². The molecule has 0 spiro atoms. The molecule has 2 aromatic rings. The molecule has 1 fully saturated rings. The second-order valence-corrected chi connectivity index (χ2v) is 11.7. The van der Waals surface area contributed by atoms with Crippen LogP contribution in [-0.2, 0) is 26.6 Å². The highest BCUT2D eigenvalue weighted by Gasteiger charge is 2.29. The average molecular weight is 480 g/mol. The molecule has 0 bridgehead atoms. The van der Waals surface area contributed by atoms with Gasteiger partial charge in [0.25, 0.3) is 5.91 Å². The number of benzene rings is 2. The Labute approximate surface area is 190 Å². The molecule has 3 rings (SSSR count). The summed E-state index contributed by atoms with van der Waals surface area (Å²) in [5, 5.41) is 0. The molecule has 1 amide bonds. The molecule has 2 N–H and O–H groups in total. The fourth-order valence-electron chi connectivity index (χ4n) is 3.74. The van der Waals surface area contributed by atoms with Crippen LogP contribution >= 0.6 is 0 Å². The highest BCUT2D eigenvalue weighted by atomic mass is 32.2. The number of rotatable bonds is 8. The van der Waals surface area contributed by atoms with Crippen LogP contribution in [0.1, 0.15) is 40.7 Å². The van der Waals surface area contributed by atoms with Crippen LogP contribution in [0.15, 0.2) is 53.4 Å². The first-order valence-electron chi connectivity index (χ1n) is 10.5. The second kappa shape index (κ2) is 10.1. The number of likely N-dealkylation sites (tertiary alicyclic amines) is 1. The standard InChI is InChI=1S/C22H29N3O5S2/c1-17-11-12-20(32(29,30)24-15-18-8-4-3-5-9-18)14-21(17)22(26)25-13-7-6-10-19(25)16-23-31(2,27)28/h3-5,8-9,11-12,14,19,23-24H,6-7,10,13,15-16H2,1-2H3. The van der Waals surface area contributed by atoms with Crippen LogP contribution in [0.3, 0.4) is 0 Å². The molecule has 1 atom stereocenters. The summed E-state index contributed by atoms with van der Waals surface area (Å²) >= 11 is 0. The van der Waals surface area contributed by atoms with Gasteiger partial charge in [-0.2, -0.15) is 0 Å². The maximum atomic E-state index is 13.3. The van der Waals surface area contributed by atoms with Gasteiger partial charge in [-0.15, -0.1) is 0 Å². The molecule has 0 radical (unpaired) electrons. The first kappa shape index (κ1) is 24.4. The predicted octanol–water partition coefficient (Wildman–Crippen LogP) is 2.02. The Kier molecular flexibility index (Phi) is 7.71. The van der Waals surface area contributed by atoms with Gasteiger partial charge in [-0.05, 0) is 49.4 Å². The summed E-state index contributed by atoms with van der Waals surface area (Å²) in [4.78, 5) is 15.0. The van der Waals surface area contributed by atoms with Gasteiger partial charge >= 0.3 is 0 Å². The largest absolute Gasteiger partial charge is 0.334 e. The maximum Gasteiger partial charge on any atom is 0.254 e. The van der Waals surface area contributed by atoms with E-state index in [9.17, 15) is 21.6 Å². The van der Waals surface area contributed by atoms with Gasteiger partial charge in [0.05, 0.1) is 11.2 Å². The van der Waals surface area contributed by atoms with Gasteiger partial charge in [-0.25, -0.2) is 26.3 Å². The van der Waals surface area contributed by atoms with Gasteiger partial charge in [-0.1, -0.05) is 36.4 Å². The van der Waals surface area contributed by atoms with Crippen LogP contribution in [0.2, 0.25) is 0 Å². The van der Waals surface area contributed by atoms with Crippen molar-refractivity contribution in [1.82, 2.24) is 14.3 Å². The number of hydrogen-bond acceptors (Lipinski definition) is 5. The average Bonchev–Trinajstić information content (AvgIpc) is 2.76. The van der Waals surface area contributed by atoms with Crippen molar-refractivity contribution in [2.45, 2.75) is 43.7 Å². The Morgan fingerprint density at radius 2 is 1.75 bits per heavy atom.